The van der Waals surface area contributed by atoms with Gasteiger partial charge in [-0.15, -0.1) is 12.4 Å². The largest absolute Gasteiger partial charge is 0.399 e. The third-order valence-corrected chi connectivity index (χ3v) is 2.20. The Kier molecular flexibility index (Phi) is 3.74. The van der Waals surface area contributed by atoms with Gasteiger partial charge in [-0.3, -0.25) is 4.57 Å². The van der Waals surface area contributed by atoms with Gasteiger partial charge in [-0.05, 0) is 24.3 Å². The van der Waals surface area contributed by atoms with Crippen LogP contribution in [0.3, 0.4) is 0 Å². The minimum absolute atomic E-state index is 0. The minimum atomic E-state index is -4.09. The highest BCUT2D eigenvalue weighted by atomic mass is 35.5. The lowest BCUT2D eigenvalue weighted by molar-refractivity contribution is 0.387. The third kappa shape index (κ3) is 2.83. The van der Waals surface area contributed by atoms with E-state index in [1.165, 1.54) is 24.3 Å². The Morgan fingerprint density at radius 1 is 1.17 bits per heavy atom. The van der Waals surface area contributed by atoms with Crippen LogP contribution in [0.1, 0.15) is 0 Å². The maximum atomic E-state index is 10.6. The second kappa shape index (κ2) is 3.92. The fourth-order valence-corrected chi connectivity index (χ4v) is 1.21. The molecule has 0 aliphatic heterocycles. The molecule has 6 heteroatoms. The van der Waals surface area contributed by atoms with E-state index in [1.807, 2.05) is 0 Å². The van der Waals surface area contributed by atoms with Gasteiger partial charge in [-0.25, -0.2) is 0 Å². The lowest BCUT2D eigenvalue weighted by Gasteiger charge is -2.02. The molecule has 4 N–H and O–H groups in total. The van der Waals surface area contributed by atoms with E-state index in [1.54, 1.807) is 0 Å². The number of benzene rings is 1. The highest BCUT2D eigenvalue weighted by Crippen LogP contribution is 2.32. The van der Waals surface area contributed by atoms with Crippen LogP contribution in [0.5, 0.6) is 0 Å². The van der Waals surface area contributed by atoms with E-state index < -0.39 is 7.60 Å². The Balaban J connectivity index is 0.00000121. The molecule has 0 heterocycles. The van der Waals surface area contributed by atoms with Crippen LogP contribution in [0.25, 0.3) is 0 Å². The number of hydrogen-bond donors (Lipinski definition) is 3. The highest BCUT2D eigenvalue weighted by Gasteiger charge is 2.15. The van der Waals surface area contributed by atoms with Crippen LogP contribution < -0.4 is 11.0 Å². The SMILES string of the molecule is Cl.Nc1ccc(P(=O)(O)O)cc1. The summed E-state index contributed by atoms with van der Waals surface area (Å²) in [6.07, 6.45) is 0. The van der Waals surface area contributed by atoms with Gasteiger partial charge in [-0.2, -0.15) is 0 Å². The number of hydrogen-bond acceptors (Lipinski definition) is 2. The second-order valence-corrected chi connectivity index (χ2v) is 3.74. The Bertz CT molecular complexity index is 294. The van der Waals surface area contributed by atoms with Crippen LogP contribution in [-0.2, 0) is 4.57 Å². The average Bonchev–Trinajstić information content (AvgIpc) is 1.86. The number of anilines is 1. The predicted octanol–water partition coefficient (Wildman–Crippen LogP) is 0.494. The molecule has 0 saturated carbocycles. The first kappa shape index (κ1) is 11.5. The van der Waals surface area contributed by atoms with Crippen molar-refractivity contribution in [3.63, 3.8) is 0 Å². The van der Waals surface area contributed by atoms with Crippen molar-refractivity contribution in [2.75, 3.05) is 5.73 Å². The zero-order chi connectivity index (χ0) is 8.48. The maximum Gasteiger partial charge on any atom is 0.356 e. The average molecular weight is 210 g/mol. The Morgan fingerprint density at radius 2 is 1.58 bits per heavy atom. The van der Waals surface area contributed by atoms with Crippen molar-refractivity contribution in [1.29, 1.82) is 0 Å². The van der Waals surface area contributed by atoms with Gasteiger partial charge in [0.25, 0.3) is 0 Å². The monoisotopic (exact) mass is 209 g/mol. The van der Waals surface area contributed by atoms with Gasteiger partial charge in [0.1, 0.15) is 0 Å². The van der Waals surface area contributed by atoms with E-state index in [0.717, 1.165) is 0 Å². The Morgan fingerprint density at radius 3 is 1.92 bits per heavy atom. The molecular weight excluding hydrogens is 200 g/mol. The summed E-state index contributed by atoms with van der Waals surface area (Å²) >= 11 is 0. The van der Waals surface area contributed by atoms with Crippen LogP contribution in [0.15, 0.2) is 24.3 Å². The molecule has 0 aliphatic carbocycles. The molecule has 0 unspecified atom stereocenters. The van der Waals surface area contributed by atoms with Crippen molar-refractivity contribution in [3.05, 3.63) is 24.3 Å². The van der Waals surface area contributed by atoms with E-state index >= 15 is 0 Å². The lowest BCUT2D eigenvalue weighted by Crippen LogP contribution is -2.02. The van der Waals surface area contributed by atoms with Crippen molar-refractivity contribution in [2.24, 2.45) is 0 Å². The molecule has 0 bridgehead atoms. The van der Waals surface area contributed by atoms with Gasteiger partial charge in [-0.1, -0.05) is 0 Å². The molecular formula is C6H9ClNO3P. The highest BCUT2D eigenvalue weighted by molar-refractivity contribution is 7.60. The summed E-state index contributed by atoms with van der Waals surface area (Å²) in [5.41, 5.74) is 5.81. The van der Waals surface area contributed by atoms with Gasteiger partial charge >= 0.3 is 7.60 Å². The fraction of sp³-hybridized carbons (Fsp3) is 0. The van der Waals surface area contributed by atoms with Gasteiger partial charge < -0.3 is 15.5 Å². The summed E-state index contributed by atoms with van der Waals surface area (Å²) in [4.78, 5) is 17.3. The zero-order valence-corrected chi connectivity index (χ0v) is 7.76. The molecule has 0 aliphatic rings. The van der Waals surface area contributed by atoms with Crippen molar-refractivity contribution in [3.8, 4) is 0 Å². The zero-order valence-electron chi connectivity index (χ0n) is 6.04. The molecule has 12 heavy (non-hydrogen) atoms. The van der Waals surface area contributed by atoms with Crippen molar-refractivity contribution in [1.82, 2.24) is 0 Å². The molecule has 0 fully saturated rings. The molecule has 0 saturated heterocycles. The molecule has 1 rings (SSSR count). The van der Waals surface area contributed by atoms with E-state index in [9.17, 15) is 4.57 Å². The predicted molar refractivity (Wildman–Crippen MR) is 49.8 cm³/mol. The summed E-state index contributed by atoms with van der Waals surface area (Å²) in [7, 11) is -4.09. The van der Waals surface area contributed by atoms with Gasteiger partial charge in [0.15, 0.2) is 0 Å². The summed E-state index contributed by atoms with van der Waals surface area (Å²) in [6.45, 7) is 0. The van der Waals surface area contributed by atoms with Crippen LogP contribution in [0, 0.1) is 0 Å². The molecule has 1 aromatic carbocycles. The summed E-state index contributed by atoms with van der Waals surface area (Å²) in [6, 6.07) is 5.54. The van der Waals surface area contributed by atoms with E-state index in [-0.39, 0.29) is 17.7 Å². The fourth-order valence-electron chi connectivity index (χ4n) is 0.669. The molecule has 0 atom stereocenters. The Hall–Kier alpha value is -0.540. The van der Waals surface area contributed by atoms with Crippen LogP contribution in [-0.4, -0.2) is 9.79 Å². The summed E-state index contributed by atoms with van der Waals surface area (Å²) in [5.74, 6) is 0. The van der Waals surface area contributed by atoms with Crippen molar-refractivity contribution >= 4 is 31.0 Å². The number of halogens is 1. The summed E-state index contributed by atoms with van der Waals surface area (Å²) < 4.78 is 10.6. The molecule has 4 nitrogen and oxygen atoms in total. The van der Waals surface area contributed by atoms with Crippen LogP contribution >= 0.6 is 20.0 Å². The third-order valence-electron chi connectivity index (χ3n) is 1.23. The molecule has 0 spiro atoms. The number of nitrogens with two attached hydrogens (primary N) is 1. The number of rotatable bonds is 1. The van der Waals surface area contributed by atoms with E-state index in [4.69, 9.17) is 15.5 Å². The molecule has 0 aromatic heterocycles. The molecule has 0 radical (unpaired) electrons. The van der Waals surface area contributed by atoms with Crippen molar-refractivity contribution < 1.29 is 14.4 Å². The van der Waals surface area contributed by atoms with E-state index in [0.29, 0.717) is 5.69 Å². The quantitative estimate of drug-likeness (QED) is 0.464. The van der Waals surface area contributed by atoms with Gasteiger partial charge in [0.05, 0.1) is 5.30 Å². The standard InChI is InChI=1S/C6H8NO3P.ClH/c7-5-1-3-6(4-2-5)11(8,9)10;/h1-4H,7H2,(H2,8,9,10);1H. The molecule has 68 valence electrons. The molecule has 1 aromatic rings. The number of nitrogen functional groups attached to an aromatic ring is 1. The first-order chi connectivity index (χ1) is 5.00. The first-order valence-corrected chi connectivity index (χ1v) is 4.53. The lowest BCUT2D eigenvalue weighted by atomic mass is 10.3. The second-order valence-electron chi connectivity index (χ2n) is 2.14. The first-order valence-electron chi connectivity index (χ1n) is 2.92. The Labute approximate surface area is 76.0 Å². The summed E-state index contributed by atoms with van der Waals surface area (Å²) in [5, 5.41) is -0.00769. The van der Waals surface area contributed by atoms with Gasteiger partial charge in [0, 0.05) is 5.69 Å². The topological polar surface area (TPSA) is 83.6 Å². The minimum Gasteiger partial charge on any atom is -0.399 e. The molecule has 0 amide bonds. The smallest absolute Gasteiger partial charge is 0.356 e. The van der Waals surface area contributed by atoms with Crippen LogP contribution in [0.4, 0.5) is 5.69 Å². The maximum absolute atomic E-state index is 10.6. The van der Waals surface area contributed by atoms with Gasteiger partial charge in [0.2, 0.25) is 0 Å². The van der Waals surface area contributed by atoms with Crippen molar-refractivity contribution in [2.45, 2.75) is 0 Å². The van der Waals surface area contributed by atoms with Crippen LogP contribution in [0.2, 0.25) is 0 Å². The normalized spacial score (nSPS) is 10.5. The van der Waals surface area contributed by atoms with E-state index in [2.05, 4.69) is 0 Å².